The highest BCUT2D eigenvalue weighted by Crippen LogP contribution is 1.93. The Balaban J connectivity index is 3.09. The van der Waals surface area contributed by atoms with E-state index in [1.54, 1.807) is 0 Å². The molecule has 0 amide bonds. The second-order valence-electron chi connectivity index (χ2n) is 1.55. The first-order chi connectivity index (χ1) is 4.35. The van der Waals surface area contributed by atoms with Gasteiger partial charge in [0.25, 0.3) is 0 Å². The minimum Gasteiger partial charge on any atom is -0.394 e. The number of aliphatic hydroxyl groups is 1. The van der Waals surface area contributed by atoms with Crippen LogP contribution in [-0.4, -0.2) is 36.1 Å². The molecule has 9 heavy (non-hydrogen) atoms. The van der Waals surface area contributed by atoms with Gasteiger partial charge in [0.15, 0.2) is 0 Å². The smallest absolute Gasteiger partial charge is 0.0941 e. The third kappa shape index (κ3) is 5.03. The van der Waals surface area contributed by atoms with Crippen molar-refractivity contribution in [2.45, 2.75) is 6.10 Å². The number of alkyl halides is 1. The zero-order chi connectivity index (χ0) is 7.11. The van der Waals surface area contributed by atoms with Gasteiger partial charge in [-0.25, -0.2) is 0 Å². The number of thiol groups is 1. The molecule has 0 radical (unpaired) electrons. The maximum atomic E-state index is 8.52. The van der Waals surface area contributed by atoms with E-state index >= 15 is 0 Å². The van der Waals surface area contributed by atoms with Crippen LogP contribution in [0.1, 0.15) is 0 Å². The molecule has 0 heterocycles. The fourth-order valence-electron chi connectivity index (χ4n) is 0.365. The van der Waals surface area contributed by atoms with E-state index in [0.717, 1.165) is 0 Å². The van der Waals surface area contributed by atoms with Crippen LogP contribution in [0.25, 0.3) is 0 Å². The summed E-state index contributed by atoms with van der Waals surface area (Å²) in [6, 6.07) is 0. The molecule has 1 atom stereocenters. The molecule has 1 N–H and O–H groups in total. The van der Waals surface area contributed by atoms with Crippen molar-refractivity contribution in [2.75, 3.05) is 24.8 Å². The van der Waals surface area contributed by atoms with Gasteiger partial charge < -0.3 is 9.84 Å². The van der Waals surface area contributed by atoms with Gasteiger partial charge in [0.1, 0.15) is 0 Å². The van der Waals surface area contributed by atoms with Crippen LogP contribution in [0.3, 0.4) is 0 Å². The van der Waals surface area contributed by atoms with Crippen LogP contribution >= 0.6 is 24.2 Å². The Kier molecular flexibility index (Phi) is 7.09. The normalized spacial score (nSPS) is 13.7. The van der Waals surface area contributed by atoms with Crippen LogP contribution in [0.4, 0.5) is 0 Å². The second-order valence-corrected chi connectivity index (χ2v) is 2.31. The standard InChI is InChI=1S/C5H11ClO2S/c6-3-5(4-7)8-1-2-9/h5,7,9H,1-4H2. The van der Waals surface area contributed by atoms with E-state index in [4.69, 9.17) is 21.4 Å². The van der Waals surface area contributed by atoms with Crippen LogP contribution in [0, 0.1) is 0 Å². The number of hydrogen-bond donors (Lipinski definition) is 2. The lowest BCUT2D eigenvalue weighted by atomic mass is 10.4. The molecule has 56 valence electrons. The molecule has 0 aromatic carbocycles. The van der Waals surface area contributed by atoms with Gasteiger partial charge in [-0.3, -0.25) is 0 Å². The van der Waals surface area contributed by atoms with Gasteiger partial charge in [-0.15, -0.1) is 11.6 Å². The van der Waals surface area contributed by atoms with Gasteiger partial charge >= 0.3 is 0 Å². The first-order valence-corrected chi connectivity index (χ1v) is 3.91. The molecule has 0 fully saturated rings. The Hall–Kier alpha value is 0.560. The lowest BCUT2D eigenvalue weighted by Crippen LogP contribution is -2.20. The summed E-state index contributed by atoms with van der Waals surface area (Å²) in [6.07, 6.45) is -0.223. The van der Waals surface area contributed by atoms with E-state index in [-0.39, 0.29) is 12.7 Å². The highest BCUT2D eigenvalue weighted by Gasteiger charge is 2.02. The maximum absolute atomic E-state index is 8.52. The van der Waals surface area contributed by atoms with Gasteiger partial charge in [0.05, 0.1) is 25.2 Å². The van der Waals surface area contributed by atoms with Gasteiger partial charge in [0.2, 0.25) is 0 Å². The van der Waals surface area contributed by atoms with E-state index in [9.17, 15) is 0 Å². The predicted molar refractivity (Wildman–Crippen MR) is 41.4 cm³/mol. The molecule has 0 aromatic heterocycles. The third-order valence-electron chi connectivity index (χ3n) is 0.821. The average Bonchev–Trinajstić information content (AvgIpc) is 1.91. The summed E-state index contributed by atoms with van der Waals surface area (Å²) in [5.41, 5.74) is 0. The molecule has 0 saturated heterocycles. The summed E-state index contributed by atoms with van der Waals surface area (Å²) in [5.74, 6) is 0.998. The SMILES string of the molecule is OCC(CCl)OCCS. The van der Waals surface area contributed by atoms with Crippen LogP contribution in [0.15, 0.2) is 0 Å². The van der Waals surface area contributed by atoms with Crippen LogP contribution in [0.5, 0.6) is 0 Å². The molecule has 0 bridgehead atoms. The van der Waals surface area contributed by atoms with Crippen molar-refractivity contribution >= 4 is 24.2 Å². The zero-order valence-corrected chi connectivity index (χ0v) is 6.74. The van der Waals surface area contributed by atoms with Crippen molar-refractivity contribution in [3.8, 4) is 0 Å². The minimum absolute atomic E-state index is 0.0166. The number of aliphatic hydroxyl groups excluding tert-OH is 1. The van der Waals surface area contributed by atoms with E-state index in [1.807, 2.05) is 0 Å². The molecule has 0 aliphatic carbocycles. The zero-order valence-electron chi connectivity index (χ0n) is 5.09. The Bertz CT molecular complexity index is 58.9. The molecule has 0 rings (SSSR count). The highest BCUT2D eigenvalue weighted by molar-refractivity contribution is 7.80. The monoisotopic (exact) mass is 170 g/mol. The van der Waals surface area contributed by atoms with Crippen molar-refractivity contribution in [1.29, 1.82) is 0 Å². The van der Waals surface area contributed by atoms with Crippen LogP contribution < -0.4 is 0 Å². The van der Waals surface area contributed by atoms with Crippen molar-refractivity contribution in [1.82, 2.24) is 0 Å². The van der Waals surface area contributed by atoms with Crippen LogP contribution in [0.2, 0.25) is 0 Å². The Morgan fingerprint density at radius 1 is 1.67 bits per heavy atom. The second kappa shape index (κ2) is 6.68. The van der Waals surface area contributed by atoms with E-state index in [1.165, 1.54) is 0 Å². The Morgan fingerprint density at radius 2 is 2.33 bits per heavy atom. The summed E-state index contributed by atoms with van der Waals surface area (Å²) in [7, 11) is 0. The van der Waals surface area contributed by atoms with Gasteiger partial charge in [0, 0.05) is 5.75 Å². The molecule has 0 aliphatic heterocycles. The first-order valence-electron chi connectivity index (χ1n) is 2.74. The van der Waals surface area contributed by atoms with E-state index in [2.05, 4.69) is 12.6 Å². The van der Waals surface area contributed by atoms with Crippen molar-refractivity contribution in [2.24, 2.45) is 0 Å². The lowest BCUT2D eigenvalue weighted by Gasteiger charge is -2.09. The summed E-state index contributed by atoms with van der Waals surface area (Å²) in [5, 5.41) is 8.52. The largest absolute Gasteiger partial charge is 0.394 e. The molecule has 0 spiro atoms. The Labute approximate surface area is 65.6 Å². The molecule has 4 heteroatoms. The predicted octanol–water partition coefficient (Wildman–Crippen LogP) is 0.532. The maximum Gasteiger partial charge on any atom is 0.0941 e. The highest BCUT2D eigenvalue weighted by atomic mass is 35.5. The fourth-order valence-corrected chi connectivity index (χ4v) is 0.658. The van der Waals surface area contributed by atoms with Crippen molar-refractivity contribution < 1.29 is 9.84 Å². The number of ether oxygens (including phenoxy) is 1. The minimum atomic E-state index is -0.223. The lowest BCUT2D eigenvalue weighted by molar-refractivity contribution is 0.0363. The fraction of sp³-hybridized carbons (Fsp3) is 1.00. The first kappa shape index (κ1) is 9.56. The molecular formula is C5H11ClO2S. The average molecular weight is 171 g/mol. The topological polar surface area (TPSA) is 29.5 Å². The number of halogens is 1. The molecule has 0 saturated carbocycles. The van der Waals surface area contributed by atoms with Gasteiger partial charge in [-0.1, -0.05) is 0 Å². The third-order valence-corrected chi connectivity index (χ3v) is 1.35. The summed E-state index contributed by atoms with van der Waals surface area (Å²) < 4.78 is 5.03. The number of rotatable bonds is 5. The summed E-state index contributed by atoms with van der Waals surface area (Å²) >= 11 is 9.32. The summed E-state index contributed by atoms with van der Waals surface area (Å²) in [6.45, 7) is 0.526. The van der Waals surface area contributed by atoms with E-state index in [0.29, 0.717) is 18.2 Å². The number of hydrogen-bond acceptors (Lipinski definition) is 3. The molecular weight excluding hydrogens is 160 g/mol. The quantitative estimate of drug-likeness (QED) is 0.466. The van der Waals surface area contributed by atoms with Crippen molar-refractivity contribution in [3.05, 3.63) is 0 Å². The molecule has 0 aliphatic rings. The van der Waals surface area contributed by atoms with E-state index < -0.39 is 0 Å². The Morgan fingerprint density at radius 3 is 2.67 bits per heavy atom. The molecule has 0 aromatic rings. The van der Waals surface area contributed by atoms with Gasteiger partial charge in [-0.05, 0) is 0 Å². The van der Waals surface area contributed by atoms with Gasteiger partial charge in [-0.2, -0.15) is 12.6 Å². The summed E-state index contributed by atoms with van der Waals surface area (Å²) in [4.78, 5) is 0. The van der Waals surface area contributed by atoms with Crippen LogP contribution in [-0.2, 0) is 4.74 Å². The molecule has 1 unspecified atom stereocenters. The molecule has 2 nitrogen and oxygen atoms in total. The van der Waals surface area contributed by atoms with Crippen molar-refractivity contribution in [3.63, 3.8) is 0 Å².